The first-order valence-corrected chi connectivity index (χ1v) is 7.40. The van der Waals surface area contributed by atoms with E-state index in [0.717, 1.165) is 32.7 Å². The van der Waals surface area contributed by atoms with Gasteiger partial charge in [-0.3, -0.25) is 4.98 Å². The molecule has 0 saturated heterocycles. The van der Waals surface area contributed by atoms with Gasteiger partial charge in [0.25, 0.3) is 0 Å². The topological polar surface area (TPSA) is 43.4 Å². The van der Waals surface area contributed by atoms with E-state index >= 15 is 0 Å². The van der Waals surface area contributed by atoms with Gasteiger partial charge >= 0.3 is 0 Å². The van der Waals surface area contributed by atoms with Crippen molar-refractivity contribution < 1.29 is 9.47 Å². The molecule has 1 aromatic carbocycles. The van der Waals surface area contributed by atoms with Crippen LogP contribution in [0.1, 0.15) is 22.7 Å². The smallest absolute Gasteiger partial charge is 0.161 e. The lowest BCUT2D eigenvalue weighted by molar-refractivity contribution is 0.354. The zero-order chi connectivity index (χ0) is 15.4. The molecular weight excluding hydrogens is 332 g/mol. The van der Waals surface area contributed by atoms with Gasteiger partial charge in [0.1, 0.15) is 0 Å². The first-order chi connectivity index (χ1) is 10.1. The first kappa shape index (κ1) is 15.8. The van der Waals surface area contributed by atoms with Crippen LogP contribution in [-0.2, 0) is 0 Å². The summed E-state index contributed by atoms with van der Waals surface area (Å²) in [6.07, 6.45) is 3.64. The summed E-state index contributed by atoms with van der Waals surface area (Å²) in [6, 6.07) is 6.10. The van der Waals surface area contributed by atoms with Crippen LogP contribution in [0.25, 0.3) is 0 Å². The van der Waals surface area contributed by atoms with Gasteiger partial charge in [0.2, 0.25) is 0 Å². The van der Waals surface area contributed by atoms with Crippen molar-refractivity contribution in [2.24, 2.45) is 0 Å². The van der Waals surface area contributed by atoms with Crippen LogP contribution in [0.15, 0.2) is 35.1 Å². The van der Waals surface area contributed by atoms with Gasteiger partial charge in [0.15, 0.2) is 11.5 Å². The van der Waals surface area contributed by atoms with E-state index in [4.69, 9.17) is 9.47 Å². The Hall–Kier alpha value is -1.59. The van der Waals surface area contributed by atoms with E-state index in [1.807, 2.05) is 25.4 Å². The fourth-order valence-corrected chi connectivity index (χ4v) is 2.78. The Morgan fingerprint density at radius 2 is 1.76 bits per heavy atom. The van der Waals surface area contributed by atoms with E-state index < -0.39 is 0 Å². The van der Waals surface area contributed by atoms with Crippen molar-refractivity contribution in [3.05, 3.63) is 51.8 Å². The van der Waals surface area contributed by atoms with Crippen LogP contribution in [0.2, 0.25) is 0 Å². The molecule has 4 nitrogen and oxygen atoms in total. The van der Waals surface area contributed by atoms with Gasteiger partial charge in [0, 0.05) is 16.9 Å². The predicted octanol–water partition coefficient (Wildman–Crippen LogP) is 3.48. The zero-order valence-electron chi connectivity index (χ0n) is 12.6. The lowest BCUT2D eigenvalue weighted by Crippen LogP contribution is -2.19. The second-order valence-electron chi connectivity index (χ2n) is 4.72. The van der Waals surface area contributed by atoms with Crippen LogP contribution in [0.3, 0.4) is 0 Å². The molecule has 0 amide bonds. The van der Waals surface area contributed by atoms with Crippen molar-refractivity contribution in [1.29, 1.82) is 0 Å². The molecule has 5 heteroatoms. The summed E-state index contributed by atoms with van der Waals surface area (Å²) in [6.45, 7) is 2.06. The zero-order valence-corrected chi connectivity index (χ0v) is 14.2. The third-order valence-electron chi connectivity index (χ3n) is 3.43. The minimum absolute atomic E-state index is 0.0369. The number of rotatable bonds is 5. The van der Waals surface area contributed by atoms with Gasteiger partial charge in [-0.1, -0.05) is 0 Å². The highest BCUT2D eigenvalue weighted by molar-refractivity contribution is 9.10. The first-order valence-electron chi connectivity index (χ1n) is 6.61. The molecule has 0 aliphatic rings. The standard InChI is InChI=1S/C16H19BrN2O2/c1-10-5-14(20-3)15(21-4)7-13(10)16(18-2)11-6-12(17)9-19-8-11/h5-9,16,18H,1-4H3. The van der Waals surface area contributed by atoms with E-state index in [1.165, 1.54) is 0 Å². The van der Waals surface area contributed by atoms with Crippen LogP contribution in [0.4, 0.5) is 0 Å². The largest absolute Gasteiger partial charge is 0.493 e. The molecule has 1 heterocycles. The number of ether oxygens (including phenoxy) is 2. The molecule has 0 saturated carbocycles. The Labute approximate surface area is 133 Å². The number of hydrogen-bond acceptors (Lipinski definition) is 4. The van der Waals surface area contributed by atoms with Crippen LogP contribution >= 0.6 is 15.9 Å². The van der Waals surface area contributed by atoms with Crippen molar-refractivity contribution in [2.75, 3.05) is 21.3 Å². The number of benzene rings is 1. The highest BCUT2D eigenvalue weighted by Crippen LogP contribution is 2.35. The van der Waals surface area contributed by atoms with Gasteiger partial charge < -0.3 is 14.8 Å². The third-order valence-corrected chi connectivity index (χ3v) is 3.86. The molecule has 2 aromatic rings. The van der Waals surface area contributed by atoms with Crippen molar-refractivity contribution >= 4 is 15.9 Å². The Morgan fingerprint density at radius 3 is 2.33 bits per heavy atom. The molecule has 1 atom stereocenters. The quantitative estimate of drug-likeness (QED) is 0.896. The summed E-state index contributed by atoms with van der Waals surface area (Å²) in [5.41, 5.74) is 3.35. The fraction of sp³-hybridized carbons (Fsp3) is 0.312. The Bertz CT molecular complexity index is 632. The minimum Gasteiger partial charge on any atom is -0.493 e. The van der Waals surface area contributed by atoms with E-state index in [0.29, 0.717) is 0 Å². The van der Waals surface area contributed by atoms with Gasteiger partial charge in [-0.2, -0.15) is 0 Å². The molecule has 2 rings (SSSR count). The molecular formula is C16H19BrN2O2. The van der Waals surface area contributed by atoms with Gasteiger partial charge in [-0.25, -0.2) is 0 Å². The minimum atomic E-state index is 0.0369. The molecule has 0 fully saturated rings. The lowest BCUT2D eigenvalue weighted by Gasteiger charge is -2.21. The number of halogens is 1. The number of hydrogen-bond donors (Lipinski definition) is 1. The number of aryl methyl sites for hydroxylation is 1. The summed E-state index contributed by atoms with van der Waals surface area (Å²) in [5.74, 6) is 1.46. The van der Waals surface area contributed by atoms with Crippen LogP contribution < -0.4 is 14.8 Å². The Balaban J connectivity index is 2.52. The van der Waals surface area contributed by atoms with E-state index in [9.17, 15) is 0 Å². The highest BCUT2D eigenvalue weighted by Gasteiger charge is 2.18. The van der Waals surface area contributed by atoms with E-state index in [1.54, 1.807) is 20.4 Å². The van der Waals surface area contributed by atoms with Crippen molar-refractivity contribution in [2.45, 2.75) is 13.0 Å². The average molecular weight is 351 g/mol. The number of methoxy groups -OCH3 is 2. The summed E-state index contributed by atoms with van der Waals surface area (Å²) in [4.78, 5) is 4.24. The molecule has 0 spiro atoms. The molecule has 1 unspecified atom stereocenters. The number of nitrogens with one attached hydrogen (secondary N) is 1. The lowest BCUT2D eigenvalue weighted by atomic mass is 9.95. The molecule has 0 radical (unpaired) electrons. The molecule has 1 N–H and O–H groups in total. The number of pyridine rings is 1. The molecule has 0 bridgehead atoms. The maximum absolute atomic E-state index is 5.41. The van der Waals surface area contributed by atoms with Crippen molar-refractivity contribution in [3.8, 4) is 11.5 Å². The van der Waals surface area contributed by atoms with Crippen LogP contribution in [-0.4, -0.2) is 26.3 Å². The highest BCUT2D eigenvalue weighted by atomic mass is 79.9. The van der Waals surface area contributed by atoms with Gasteiger partial charge in [0.05, 0.1) is 20.3 Å². The molecule has 1 aromatic heterocycles. The second-order valence-corrected chi connectivity index (χ2v) is 5.64. The summed E-state index contributed by atoms with van der Waals surface area (Å²) < 4.78 is 11.7. The molecule has 112 valence electrons. The number of nitrogens with zero attached hydrogens (tertiary/aromatic N) is 1. The third kappa shape index (κ3) is 3.36. The van der Waals surface area contributed by atoms with Crippen molar-refractivity contribution in [1.82, 2.24) is 10.3 Å². The monoisotopic (exact) mass is 350 g/mol. The normalized spacial score (nSPS) is 12.0. The average Bonchev–Trinajstić information content (AvgIpc) is 2.49. The fourth-order valence-electron chi connectivity index (χ4n) is 2.40. The molecule has 0 aliphatic heterocycles. The Kier molecular flexibility index (Phi) is 5.20. The SMILES string of the molecule is CNC(c1cncc(Br)c1)c1cc(OC)c(OC)cc1C. The summed E-state index contributed by atoms with van der Waals surface area (Å²) in [5, 5.41) is 3.33. The molecule has 21 heavy (non-hydrogen) atoms. The summed E-state index contributed by atoms with van der Waals surface area (Å²) in [7, 11) is 5.22. The van der Waals surface area contributed by atoms with Crippen LogP contribution in [0.5, 0.6) is 11.5 Å². The van der Waals surface area contributed by atoms with Crippen molar-refractivity contribution in [3.63, 3.8) is 0 Å². The van der Waals surface area contributed by atoms with E-state index in [-0.39, 0.29) is 6.04 Å². The van der Waals surface area contributed by atoms with E-state index in [2.05, 4.69) is 39.2 Å². The second kappa shape index (κ2) is 6.91. The number of aromatic nitrogens is 1. The molecule has 0 aliphatic carbocycles. The van der Waals surface area contributed by atoms with Gasteiger partial charge in [-0.05, 0) is 64.8 Å². The van der Waals surface area contributed by atoms with Gasteiger partial charge in [-0.15, -0.1) is 0 Å². The maximum Gasteiger partial charge on any atom is 0.161 e. The predicted molar refractivity (Wildman–Crippen MR) is 87.1 cm³/mol. The maximum atomic E-state index is 5.41. The van der Waals surface area contributed by atoms with Crippen LogP contribution in [0, 0.1) is 6.92 Å². The summed E-state index contributed by atoms with van der Waals surface area (Å²) >= 11 is 3.47. The Morgan fingerprint density at radius 1 is 1.10 bits per heavy atom.